The van der Waals surface area contributed by atoms with E-state index in [4.69, 9.17) is 5.73 Å². The van der Waals surface area contributed by atoms with Crippen LogP contribution >= 0.6 is 0 Å². The summed E-state index contributed by atoms with van der Waals surface area (Å²) in [6.45, 7) is 5.36. The highest BCUT2D eigenvalue weighted by Gasteiger charge is 2.37. The molecule has 1 aliphatic heterocycles. The van der Waals surface area contributed by atoms with Gasteiger partial charge in [-0.25, -0.2) is 0 Å². The van der Waals surface area contributed by atoms with E-state index in [0.717, 1.165) is 25.8 Å². The van der Waals surface area contributed by atoms with Crippen molar-refractivity contribution >= 4 is 5.91 Å². The van der Waals surface area contributed by atoms with Gasteiger partial charge in [-0.3, -0.25) is 4.79 Å². The molecule has 2 aliphatic rings. The van der Waals surface area contributed by atoms with E-state index in [1.807, 2.05) is 0 Å². The van der Waals surface area contributed by atoms with Crippen molar-refractivity contribution in [3.8, 4) is 0 Å². The number of hydrogen-bond donors (Lipinski definition) is 1. The average Bonchev–Trinajstić information content (AvgIpc) is 2.42. The summed E-state index contributed by atoms with van der Waals surface area (Å²) in [6, 6.07) is 0.716. The molecule has 1 amide bonds. The lowest BCUT2D eigenvalue weighted by Crippen LogP contribution is -2.50. The lowest BCUT2D eigenvalue weighted by Gasteiger charge is -2.41. The van der Waals surface area contributed by atoms with Crippen LogP contribution in [-0.4, -0.2) is 29.4 Å². The number of carbonyl (C=O) groups excluding carboxylic acids is 1. The predicted molar refractivity (Wildman–Crippen MR) is 78.7 cm³/mol. The molecule has 4 unspecified atom stereocenters. The van der Waals surface area contributed by atoms with Gasteiger partial charge in [0.05, 0.1) is 0 Å². The Morgan fingerprint density at radius 1 is 1.21 bits per heavy atom. The molecule has 3 heteroatoms. The monoisotopic (exact) mass is 266 g/mol. The summed E-state index contributed by atoms with van der Waals surface area (Å²) in [5.74, 6) is 0.937. The first kappa shape index (κ1) is 14.8. The van der Waals surface area contributed by atoms with Crippen molar-refractivity contribution in [1.82, 2.24) is 4.90 Å². The Kier molecular flexibility index (Phi) is 5.26. The maximum absolute atomic E-state index is 12.9. The second-order valence-corrected chi connectivity index (χ2v) is 6.53. The summed E-state index contributed by atoms with van der Waals surface area (Å²) in [4.78, 5) is 15.1. The molecule has 4 atom stereocenters. The molecular weight excluding hydrogens is 236 g/mol. The number of hydrogen-bond acceptors (Lipinski definition) is 2. The molecule has 0 aromatic carbocycles. The predicted octanol–water partition coefficient (Wildman–Crippen LogP) is 2.93. The van der Waals surface area contributed by atoms with Crippen LogP contribution in [0, 0.1) is 11.8 Å². The van der Waals surface area contributed by atoms with Crippen molar-refractivity contribution in [3.05, 3.63) is 0 Å². The first-order valence-electron chi connectivity index (χ1n) is 8.21. The molecule has 3 nitrogen and oxygen atoms in total. The van der Waals surface area contributed by atoms with Gasteiger partial charge >= 0.3 is 0 Å². The van der Waals surface area contributed by atoms with Crippen molar-refractivity contribution in [2.24, 2.45) is 17.6 Å². The summed E-state index contributed by atoms with van der Waals surface area (Å²) < 4.78 is 0. The largest absolute Gasteiger partial charge is 0.339 e. The van der Waals surface area contributed by atoms with Gasteiger partial charge in [0, 0.05) is 24.5 Å². The van der Waals surface area contributed by atoms with Crippen LogP contribution in [-0.2, 0) is 4.79 Å². The molecule has 1 saturated heterocycles. The number of piperidine rings is 1. The third kappa shape index (κ3) is 3.31. The molecule has 0 aromatic heterocycles. The number of carbonyl (C=O) groups is 1. The molecule has 19 heavy (non-hydrogen) atoms. The zero-order valence-electron chi connectivity index (χ0n) is 12.6. The van der Waals surface area contributed by atoms with E-state index in [0.29, 0.717) is 17.9 Å². The van der Waals surface area contributed by atoms with Gasteiger partial charge < -0.3 is 10.6 Å². The second kappa shape index (κ2) is 6.74. The van der Waals surface area contributed by atoms with E-state index in [2.05, 4.69) is 18.7 Å². The molecule has 1 aliphatic carbocycles. The normalized spacial score (nSPS) is 36.3. The van der Waals surface area contributed by atoms with Gasteiger partial charge in [0.25, 0.3) is 0 Å². The molecule has 2 rings (SSSR count). The number of amides is 1. The summed E-state index contributed by atoms with van der Waals surface area (Å²) in [6.07, 6.45) is 9.26. The fourth-order valence-electron chi connectivity index (χ4n) is 3.88. The van der Waals surface area contributed by atoms with E-state index < -0.39 is 0 Å². The van der Waals surface area contributed by atoms with Crippen molar-refractivity contribution < 1.29 is 4.79 Å². The van der Waals surface area contributed by atoms with Crippen LogP contribution < -0.4 is 5.73 Å². The minimum absolute atomic E-state index is 0.182. The van der Waals surface area contributed by atoms with Crippen molar-refractivity contribution in [1.29, 1.82) is 0 Å². The highest BCUT2D eigenvalue weighted by atomic mass is 16.2. The maximum atomic E-state index is 12.9. The van der Waals surface area contributed by atoms with Gasteiger partial charge in [0.1, 0.15) is 0 Å². The maximum Gasteiger partial charge on any atom is 0.226 e. The molecule has 1 saturated carbocycles. The van der Waals surface area contributed by atoms with E-state index >= 15 is 0 Å². The average molecular weight is 266 g/mol. The molecule has 0 aromatic rings. The third-order valence-corrected chi connectivity index (χ3v) is 5.21. The number of likely N-dealkylation sites (tertiary alicyclic amines) is 1. The van der Waals surface area contributed by atoms with Crippen LogP contribution in [0.3, 0.4) is 0 Å². The Bertz CT molecular complexity index is 303. The molecule has 2 N–H and O–H groups in total. The second-order valence-electron chi connectivity index (χ2n) is 6.53. The molecule has 0 radical (unpaired) electrons. The van der Waals surface area contributed by atoms with Crippen LogP contribution in [0.15, 0.2) is 0 Å². The zero-order chi connectivity index (χ0) is 13.8. The molecule has 2 fully saturated rings. The third-order valence-electron chi connectivity index (χ3n) is 5.21. The quantitative estimate of drug-likeness (QED) is 0.853. The van der Waals surface area contributed by atoms with E-state index in [9.17, 15) is 4.79 Å². The fraction of sp³-hybridized carbons (Fsp3) is 0.938. The van der Waals surface area contributed by atoms with Crippen LogP contribution in [0.2, 0.25) is 0 Å². The Morgan fingerprint density at radius 2 is 2.00 bits per heavy atom. The van der Waals surface area contributed by atoms with Crippen molar-refractivity contribution in [2.75, 3.05) is 6.54 Å². The molecule has 0 spiro atoms. The van der Waals surface area contributed by atoms with Gasteiger partial charge in [-0.2, -0.15) is 0 Å². The minimum Gasteiger partial charge on any atom is -0.339 e. The highest BCUT2D eigenvalue weighted by Crippen LogP contribution is 2.33. The first-order chi connectivity index (χ1) is 9.15. The number of nitrogens with zero attached hydrogens (tertiary/aromatic N) is 1. The first-order valence-corrected chi connectivity index (χ1v) is 8.21. The smallest absolute Gasteiger partial charge is 0.226 e. The van der Waals surface area contributed by atoms with Crippen molar-refractivity contribution in [2.45, 2.75) is 77.3 Å². The number of nitrogens with two attached hydrogens (primary N) is 1. The van der Waals surface area contributed by atoms with Crippen LogP contribution in [0.25, 0.3) is 0 Å². The van der Waals surface area contributed by atoms with Crippen molar-refractivity contribution in [3.63, 3.8) is 0 Å². The molecule has 0 bridgehead atoms. The lowest BCUT2D eigenvalue weighted by molar-refractivity contribution is -0.142. The lowest BCUT2D eigenvalue weighted by atomic mass is 9.76. The van der Waals surface area contributed by atoms with Crippen LogP contribution in [0.4, 0.5) is 0 Å². The minimum atomic E-state index is 0.182. The van der Waals surface area contributed by atoms with E-state index in [-0.39, 0.29) is 12.0 Å². The fourth-order valence-corrected chi connectivity index (χ4v) is 3.88. The summed E-state index contributed by atoms with van der Waals surface area (Å²) in [5, 5.41) is 0. The Balaban J connectivity index is 2.03. The summed E-state index contributed by atoms with van der Waals surface area (Å²) in [7, 11) is 0. The Hall–Kier alpha value is -0.570. The Morgan fingerprint density at radius 3 is 2.74 bits per heavy atom. The van der Waals surface area contributed by atoms with Gasteiger partial charge in [-0.1, -0.05) is 26.7 Å². The summed E-state index contributed by atoms with van der Waals surface area (Å²) >= 11 is 0. The van der Waals surface area contributed by atoms with Crippen LogP contribution in [0.5, 0.6) is 0 Å². The molecule has 110 valence electrons. The van der Waals surface area contributed by atoms with Gasteiger partial charge in [-0.05, 0) is 44.4 Å². The van der Waals surface area contributed by atoms with Crippen LogP contribution in [0.1, 0.15) is 65.2 Å². The van der Waals surface area contributed by atoms with E-state index in [1.54, 1.807) is 0 Å². The van der Waals surface area contributed by atoms with Gasteiger partial charge in [0.2, 0.25) is 5.91 Å². The topological polar surface area (TPSA) is 46.3 Å². The SMILES string of the molecule is CCCC1CCCCN1C(=O)C1CCCC(N)C1C. The highest BCUT2D eigenvalue weighted by molar-refractivity contribution is 5.79. The molecule has 1 heterocycles. The zero-order valence-corrected chi connectivity index (χ0v) is 12.6. The number of rotatable bonds is 3. The summed E-state index contributed by atoms with van der Waals surface area (Å²) in [5.41, 5.74) is 6.16. The Labute approximate surface area is 117 Å². The van der Waals surface area contributed by atoms with Gasteiger partial charge in [-0.15, -0.1) is 0 Å². The van der Waals surface area contributed by atoms with E-state index in [1.165, 1.54) is 32.1 Å². The standard InChI is InChI=1S/C16H30N2O/c1-3-7-13-8-4-5-11-18(13)16(19)14-9-6-10-15(17)12(14)2/h12-15H,3-11,17H2,1-2H3. The molecular formula is C16H30N2O. The van der Waals surface area contributed by atoms with Gasteiger partial charge in [0.15, 0.2) is 0 Å².